The average Bonchev–Trinajstić information content (AvgIpc) is 2.97. The first-order valence-electron chi connectivity index (χ1n) is 6.38. The van der Waals surface area contributed by atoms with Gasteiger partial charge in [-0.05, 0) is 28.1 Å². The Balaban J connectivity index is 1.83. The number of urea groups is 1. The summed E-state index contributed by atoms with van der Waals surface area (Å²) in [7, 11) is 1.57. The highest BCUT2D eigenvalue weighted by molar-refractivity contribution is 9.10. The van der Waals surface area contributed by atoms with Crippen LogP contribution in [0, 0.1) is 0 Å². The molecule has 3 heterocycles. The van der Waals surface area contributed by atoms with Crippen LogP contribution < -0.4 is 10.6 Å². The maximum Gasteiger partial charge on any atom is 0.319 e. The van der Waals surface area contributed by atoms with E-state index in [1.807, 2.05) is 10.6 Å². The molecule has 3 amide bonds. The maximum atomic E-state index is 12.1. The van der Waals surface area contributed by atoms with Crippen LogP contribution in [0.3, 0.4) is 0 Å². The van der Waals surface area contributed by atoms with E-state index >= 15 is 0 Å². The van der Waals surface area contributed by atoms with Crippen LogP contribution in [0.1, 0.15) is 23.0 Å². The minimum Gasteiger partial charge on any atom is -0.368 e. The molecular formula is C12H13BrN4O3. The smallest absolute Gasteiger partial charge is 0.319 e. The van der Waals surface area contributed by atoms with Crippen molar-refractivity contribution in [3.8, 4) is 0 Å². The zero-order valence-electron chi connectivity index (χ0n) is 10.6. The van der Waals surface area contributed by atoms with E-state index in [-0.39, 0.29) is 24.0 Å². The quantitative estimate of drug-likeness (QED) is 0.622. The van der Waals surface area contributed by atoms with Gasteiger partial charge in [0.15, 0.2) is 5.72 Å². The summed E-state index contributed by atoms with van der Waals surface area (Å²) in [5.41, 5.74) is -0.707. The third-order valence-corrected chi connectivity index (χ3v) is 5.32. The molecule has 4 atom stereocenters. The fourth-order valence-corrected chi connectivity index (χ4v) is 4.22. The minimum absolute atomic E-state index is 0.0925. The van der Waals surface area contributed by atoms with Crippen LogP contribution in [0.15, 0.2) is 16.7 Å². The SMILES string of the molecule is CN1C(=O)N[C@H]2[C@@H]3NC(=O)c4ccc(Br)n4[C@@H]3C[C@]21O. The Labute approximate surface area is 123 Å². The topological polar surface area (TPSA) is 86.6 Å². The van der Waals surface area contributed by atoms with Gasteiger partial charge in [0.25, 0.3) is 5.91 Å². The standard InChI is InChI=1S/C12H13BrN4O3/c1-16-11(19)15-9-8-6(4-12(9,16)20)17-5(10(18)14-8)2-3-7(17)13/h2-3,6,8-9,20H,4H2,1H3,(H,14,18)(H,15,19)/t6-,8-,9+,12+/m1/s1. The molecule has 106 valence electrons. The normalized spacial score (nSPS) is 38.1. The molecule has 0 bridgehead atoms. The van der Waals surface area contributed by atoms with Gasteiger partial charge in [0.1, 0.15) is 11.7 Å². The van der Waals surface area contributed by atoms with Gasteiger partial charge >= 0.3 is 6.03 Å². The molecule has 1 aromatic rings. The second-order valence-electron chi connectivity index (χ2n) is 5.55. The molecule has 0 radical (unpaired) electrons. The largest absolute Gasteiger partial charge is 0.368 e. The number of fused-ring (bicyclic) bond motifs is 5. The molecule has 1 aliphatic carbocycles. The van der Waals surface area contributed by atoms with Crippen molar-refractivity contribution in [1.29, 1.82) is 0 Å². The maximum absolute atomic E-state index is 12.1. The van der Waals surface area contributed by atoms with Crippen LogP contribution in [0.2, 0.25) is 0 Å². The Morgan fingerprint density at radius 3 is 2.90 bits per heavy atom. The number of nitrogens with zero attached hydrogens (tertiary/aromatic N) is 2. The lowest BCUT2D eigenvalue weighted by molar-refractivity contribution is -0.0561. The van der Waals surface area contributed by atoms with E-state index in [2.05, 4.69) is 26.6 Å². The first-order valence-corrected chi connectivity index (χ1v) is 7.17. The molecule has 1 saturated carbocycles. The Hall–Kier alpha value is -1.54. The molecule has 1 saturated heterocycles. The number of carbonyl (C=O) groups is 2. The number of halogens is 1. The number of hydrogen-bond donors (Lipinski definition) is 3. The second-order valence-corrected chi connectivity index (χ2v) is 6.36. The average molecular weight is 341 g/mol. The first-order chi connectivity index (χ1) is 9.43. The molecule has 0 unspecified atom stereocenters. The number of nitrogens with one attached hydrogen (secondary N) is 2. The molecule has 20 heavy (non-hydrogen) atoms. The summed E-state index contributed by atoms with van der Waals surface area (Å²) >= 11 is 3.44. The predicted octanol–water partition coefficient (Wildman–Crippen LogP) is 0.0196. The summed E-state index contributed by atoms with van der Waals surface area (Å²) in [5, 5.41) is 16.5. The number of aromatic nitrogens is 1. The van der Waals surface area contributed by atoms with E-state index in [4.69, 9.17) is 0 Å². The van der Waals surface area contributed by atoms with Crippen LogP contribution in [-0.4, -0.2) is 51.4 Å². The van der Waals surface area contributed by atoms with E-state index in [0.29, 0.717) is 12.1 Å². The summed E-state index contributed by atoms with van der Waals surface area (Å²) in [6, 6.07) is 2.33. The van der Waals surface area contributed by atoms with Gasteiger partial charge in [0, 0.05) is 13.5 Å². The zero-order valence-corrected chi connectivity index (χ0v) is 12.2. The lowest BCUT2D eigenvalue weighted by Gasteiger charge is -2.32. The molecule has 3 aliphatic rings. The third-order valence-electron chi connectivity index (χ3n) is 4.68. The van der Waals surface area contributed by atoms with Gasteiger partial charge in [-0.2, -0.15) is 0 Å². The fraction of sp³-hybridized carbons (Fsp3) is 0.500. The number of amides is 3. The van der Waals surface area contributed by atoms with E-state index in [0.717, 1.165) is 4.60 Å². The Morgan fingerprint density at radius 2 is 2.15 bits per heavy atom. The van der Waals surface area contributed by atoms with E-state index in [1.54, 1.807) is 13.1 Å². The summed E-state index contributed by atoms with van der Waals surface area (Å²) in [6.45, 7) is 0. The predicted molar refractivity (Wildman–Crippen MR) is 72.1 cm³/mol. The molecule has 1 aromatic heterocycles. The molecule has 0 aromatic carbocycles. The van der Waals surface area contributed by atoms with Crippen LogP contribution >= 0.6 is 15.9 Å². The van der Waals surface area contributed by atoms with Crippen molar-refractivity contribution in [3.63, 3.8) is 0 Å². The van der Waals surface area contributed by atoms with E-state index < -0.39 is 11.8 Å². The molecule has 2 aliphatic heterocycles. The van der Waals surface area contributed by atoms with E-state index in [1.165, 1.54) is 4.90 Å². The Kier molecular flexibility index (Phi) is 2.17. The number of aliphatic hydroxyl groups is 1. The van der Waals surface area contributed by atoms with Crippen LogP contribution in [0.4, 0.5) is 4.79 Å². The summed E-state index contributed by atoms with van der Waals surface area (Å²) in [4.78, 5) is 25.2. The Bertz CT molecular complexity index is 645. The van der Waals surface area contributed by atoms with Crippen molar-refractivity contribution in [2.45, 2.75) is 30.3 Å². The number of rotatable bonds is 0. The fourth-order valence-electron chi connectivity index (χ4n) is 3.63. The Morgan fingerprint density at radius 1 is 1.40 bits per heavy atom. The second kappa shape index (κ2) is 3.56. The molecule has 0 spiro atoms. The summed E-state index contributed by atoms with van der Waals surface area (Å²) < 4.78 is 2.69. The van der Waals surface area contributed by atoms with Gasteiger partial charge in [-0.1, -0.05) is 0 Å². The number of likely N-dealkylation sites (N-methyl/N-ethyl adjacent to an activating group) is 1. The highest BCUT2D eigenvalue weighted by Crippen LogP contribution is 2.46. The summed E-state index contributed by atoms with van der Waals surface area (Å²) in [5.74, 6) is -0.190. The highest BCUT2D eigenvalue weighted by Gasteiger charge is 2.63. The monoisotopic (exact) mass is 340 g/mol. The van der Waals surface area contributed by atoms with E-state index in [9.17, 15) is 14.7 Å². The van der Waals surface area contributed by atoms with Gasteiger partial charge in [0.05, 0.1) is 16.7 Å². The lowest BCUT2D eigenvalue weighted by Crippen LogP contribution is -2.56. The molecular weight excluding hydrogens is 328 g/mol. The van der Waals surface area contributed by atoms with Crippen molar-refractivity contribution in [2.24, 2.45) is 0 Å². The van der Waals surface area contributed by atoms with Gasteiger partial charge in [-0.15, -0.1) is 0 Å². The summed E-state index contributed by atoms with van der Waals surface area (Å²) in [6.07, 6.45) is 0.373. The van der Waals surface area contributed by atoms with Crippen LogP contribution in [0.25, 0.3) is 0 Å². The van der Waals surface area contributed by atoms with Crippen LogP contribution in [0.5, 0.6) is 0 Å². The number of hydrogen-bond acceptors (Lipinski definition) is 3. The zero-order chi connectivity index (χ0) is 14.2. The molecule has 7 nitrogen and oxygen atoms in total. The molecule has 3 N–H and O–H groups in total. The number of carbonyl (C=O) groups excluding carboxylic acids is 2. The molecule has 4 rings (SSSR count). The molecule has 8 heteroatoms. The highest BCUT2D eigenvalue weighted by atomic mass is 79.9. The van der Waals surface area contributed by atoms with Crippen molar-refractivity contribution >= 4 is 27.9 Å². The first kappa shape index (κ1) is 12.2. The van der Waals surface area contributed by atoms with Crippen LogP contribution in [-0.2, 0) is 0 Å². The van der Waals surface area contributed by atoms with Crippen molar-refractivity contribution in [2.75, 3.05) is 7.05 Å². The van der Waals surface area contributed by atoms with Crippen molar-refractivity contribution in [1.82, 2.24) is 20.1 Å². The third kappa shape index (κ3) is 1.23. The van der Waals surface area contributed by atoms with Crippen molar-refractivity contribution in [3.05, 3.63) is 22.4 Å². The lowest BCUT2D eigenvalue weighted by atomic mass is 10.1. The van der Waals surface area contributed by atoms with Gasteiger partial charge < -0.3 is 20.3 Å². The van der Waals surface area contributed by atoms with Gasteiger partial charge in [0.2, 0.25) is 0 Å². The van der Waals surface area contributed by atoms with Gasteiger partial charge in [-0.3, -0.25) is 9.69 Å². The van der Waals surface area contributed by atoms with Crippen molar-refractivity contribution < 1.29 is 14.7 Å². The molecule has 2 fully saturated rings. The minimum atomic E-state index is -1.27. The van der Waals surface area contributed by atoms with Gasteiger partial charge in [-0.25, -0.2) is 4.79 Å².